The first-order chi connectivity index (χ1) is 8.27. The van der Waals surface area contributed by atoms with E-state index in [1.807, 2.05) is 12.1 Å². The predicted octanol–water partition coefficient (Wildman–Crippen LogP) is 3.95. The van der Waals surface area contributed by atoms with Crippen LogP contribution in [0.5, 0.6) is 5.75 Å². The van der Waals surface area contributed by atoms with E-state index < -0.39 is 0 Å². The van der Waals surface area contributed by atoms with Crippen molar-refractivity contribution in [2.75, 3.05) is 13.1 Å². The van der Waals surface area contributed by atoms with Crippen molar-refractivity contribution in [3.8, 4) is 5.75 Å². The average Bonchev–Trinajstić information content (AvgIpc) is 3.09. The molecule has 0 unspecified atom stereocenters. The van der Waals surface area contributed by atoms with Gasteiger partial charge >= 0.3 is 0 Å². The third kappa shape index (κ3) is 3.48. The van der Waals surface area contributed by atoms with E-state index in [1.54, 1.807) is 6.07 Å². The highest BCUT2D eigenvalue weighted by Gasteiger charge is 2.43. The summed E-state index contributed by atoms with van der Waals surface area (Å²) in [6.07, 6.45) is 3.63. The number of phenolic OH excluding ortho intramolecular Hbond substituents is 1. The van der Waals surface area contributed by atoms with Gasteiger partial charge in [0, 0.05) is 12.0 Å². The lowest BCUT2D eigenvalue weighted by Crippen LogP contribution is -2.28. The van der Waals surface area contributed by atoms with Gasteiger partial charge in [0.05, 0.1) is 0 Å². The number of nitrogens with zero attached hydrogens (tertiary/aromatic N) is 1. The zero-order valence-corrected chi connectivity index (χ0v) is 13.0. The Morgan fingerprint density at radius 1 is 1.17 bits per heavy atom. The van der Waals surface area contributed by atoms with Crippen molar-refractivity contribution in [3.05, 3.63) is 29.8 Å². The summed E-state index contributed by atoms with van der Waals surface area (Å²) in [7, 11) is 0. The van der Waals surface area contributed by atoms with Gasteiger partial charge in [-0.05, 0) is 44.0 Å². The van der Waals surface area contributed by atoms with Crippen molar-refractivity contribution in [3.63, 3.8) is 0 Å². The predicted molar refractivity (Wildman–Crippen MR) is 81.7 cm³/mol. The third-order valence-electron chi connectivity index (χ3n) is 3.58. The Morgan fingerprint density at radius 3 is 2.33 bits per heavy atom. The lowest BCUT2D eigenvalue weighted by Gasteiger charge is -2.21. The maximum absolute atomic E-state index is 9.86. The van der Waals surface area contributed by atoms with Crippen molar-refractivity contribution >= 4 is 17.0 Å². The standard InChI is InChI=1S/C15H23NO.BrH/c1-3-9-16(10-4-2)14-11-13(14)12-7-5-6-8-15(12)17;/h5-8,13-14,17H,3-4,9-11H2,1-2H3;1H/t13-,14-;/m1./s1. The van der Waals surface area contributed by atoms with E-state index in [1.165, 1.54) is 32.4 Å². The van der Waals surface area contributed by atoms with Crippen molar-refractivity contribution < 1.29 is 5.11 Å². The van der Waals surface area contributed by atoms with Crippen LogP contribution in [0.25, 0.3) is 0 Å². The summed E-state index contributed by atoms with van der Waals surface area (Å²) in [6.45, 7) is 6.84. The Bertz CT molecular complexity index is 363. The van der Waals surface area contributed by atoms with Crippen molar-refractivity contribution in [1.82, 2.24) is 4.90 Å². The van der Waals surface area contributed by atoms with Crippen LogP contribution in [0.2, 0.25) is 0 Å². The smallest absolute Gasteiger partial charge is 0.119 e. The Hall–Kier alpha value is -0.540. The van der Waals surface area contributed by atoms with Gasteiger partial charge in [-0.2, -0.15) is 0 Å². The topological polar surface area (TPSA) is 23.5 Å². The van der Waals surface area contributed by atoms with Crippen molar-refractivity contribution in [1.29, 1.82) is 0 Å². The van der Waals surface area contributed by atoms with Crippen LogP contribution in [0, 0.1) is 0 Å². The molecule has 0 aliphatic heterocycles. The van der Waals surface area contributed by atoms with E-state index >= 15 is 0 Å². The number of para-hydroxylation sites is 1. The molecule has 0 spiro atoms. The molecule has 0 aromatic heterocycles. The molecule has 1 aromatic rings. The fourth-order valence-corrected chi connectivity index (χ4v) is 2.74. The first-order valence-corrected chi connectivity index (χ1v) is 6.79. The Labute approximate surface area is 121 Å². The molecule has 102 valence electrons. The molecule has 2 atom stereocenters. The summed E-state index contributed by atoms with van der Waals surface area (Å²) < 4.78 is 0. The molecule has 2 rings (SSSR count). The minimum Gasteiger partial charge on any atom is -0.508 e. The molecule has 0 radical (unpaired) electrons. The second-order valence-corrected chi connectivity index (χ2v) is 5.00. The molecule has 1 N–H and O–H groups in total. The molecule has 1 saturated carbocycles. The monoisotopic (exact) mass is 313 g/mol. The SMILES string of the molecule is Br.CCCN(CCC)[C@@H]1C[C@@H]1c1ccccc1O. The molecular formula is C15H24BrNO. The largest absolute Gasteiger partial charge is 0.508 e. The van der Waals surface area contributed by atoms with Crippen LogP contribution in [-0.2, 0) is 0 Å². The normalized spacial score (nSPS) is 21.7. The minimum absolute atomic E-state index is 0. The molecule has 1 aliphatic rings. The fraction of sp³-hybridized carbons (Fsp3) is 0.600. The third-order valence-corrected chi connectivity index (χ3v) is 3.58. The van der Waals surface area contributed by atoms with Crippen molar-refractivity contribution in [2.24, 2.45) is 0 Å². The average molecular weight is 314 g/mol. The molecule has 3 heteroatoms. The zero-order valence-electron chi connectivity index (χ0n) is 11.3. The lowest BCUT2D eigenvalue weighted by atomic mass is 10.1. The summed E-state index contributed by atoms with van der Waals surface area (Å²) in [5.74, 6) is 1.02. The van der Waals surface area contributed by atoms with Crippen LogP contribution < -0.4 is 0 Å². The number of halogens is 1. The van der Waals surface area contributed by atoms with Gasteiger partial charge in [0.1, 0.15) is 5.75 Å². The van der Waals surface area contributed by atoms with Gasteiger partial charge in [-0.15, -0.1) is 17.0 Å². The first kappa shape index (κ1) is 15.5. The molecule has 0 heterocycles. The summed E-state index contributed by atoms with van der Waals surface area (Å²) in [5.41, 5.74) is 1.13. The van der Waals surface area contributed by atoms with E-state index in [9.17, 15) is 5.11 Å². The van der Waals surface area contributed by atoms with Gasteiger partial charge in [0.2, 0.25) is 0 Å². The van der Waals surface area contributed by atoms with Gasteiger partial charge in [-0.3, -0.25) is 4.90 Å². The van der Waals surface area contributed by atoms with Crippen LogP contribution in [0.15, 0.2) is 24.3 Å². The maximum Gasteiger partial charge on any atom is 0.119 e. The molecular weight excluding hydrogens is 290 g/mol. The number of hydrogen-bond acceptors (Lipinski definition) is 2. The number of phenols is 1. The van der Waals surface area contributed by atoms with Crippen LogP contribution in [0.1, 0.15) is 44.6 Å². The van der Waals surface area contributed by atoms with Gasteiger partial charge in [-0.25, -0.2) is 0 Å². The highest BCUT2D eigenvalue weighted by molar-refractivity contribution is 8.93. The lowest BCUT2D eigenvalue weighted by molar-refractivity contribution is 0.259. The van der Waals surface area contributed by atoms with Gasteiger partial charge in [0.25, 0.3) is 0 Å². The van der Waals surface area contributed by atoms with Crippen LogP contribution in [0.3, 0.4) is 0 Å². The summed E-state index contributed by atoms with van der Waals surface area (Å²) in [5, 5.41) is 9.86. The van der Waals surface area contributed by atoms with Crippen LogP contribution in [-0.4, -0.2) is 29.1 Å². The molecule has 0 bridgehead atoms. The van der Waals surface area contributed by atoms with E-state index in [0.717, 1.165) is 5.56 Å². The molecule has 18 heavy (non-hydrogen) atoms. The van der Waals surface area contributed by atoms with E-state index in [4.69, 9.17) is 0 Å². The summed E-state index contributed by atoms with van der Waals surface area (Å²) >= 11 is 0. The minimum atomic E-state index is 0. The van der Waals surface area contributed by atoms with Crippen LogP contribution >= 0.6 is 17.0 Å². The first-order valence-electron chi connectivity index (χ1n) is 6.79. The molecule has 1 fully saturated rings. The molecule has 1 aromatic carbocycles. The molecule has 0 amide bonds. The number of benzene rings is 1. The molecule has 1 aliphatic carbocycles. The Morgan fingerprint density at radius 2 is 1.78 bits per heavy atom. The highest BCUT2D eigenvalue weighted by Crippen LogP contribution is 2.47. The number of hydrogen-bond donors (Lipinski definition) is 1. The number of aromatic hydroxyl groups is 1. The number of rotatable bonds is 6. The van der Waals surface area contributed by atoms with Crippen LogP contribution in [0.4, 0.5) is 0 Å². The zero-order chi connectivity index (χ0) is 12.3. The van der Waals surface area contributed by atoms with Gasteiger partial charge < -0.3 is 5.11 Å². The fourth-order valence-electron chi connectivity index (χ4n) is 2.74. The van der Waals surface area contributed by atoms with E-state index in [-0.39, 0.29) is 17.0 Å². The summed E-state index contributed by atoms with van der Waals surface area (Å²) in [6, 6.07) is 8.44. The second-order valence-electron chi connectivity index (χ2n) is 5.00. The van der Waals surface area contributed by atoms with Gasteiger partial charge in [-0.1, -0.05) is 32.0 Å². The Kier molecular flexibility index (Phi) is 6.16. The van der Waals surface area contributed by atoms with Crippen molar-refractivity contribution in [2.45, 2.75) is 45.1 Å². The van der Waals surface area contributed by atoms with E-state index in [2.05, 4.69) is 24.8 Å². The maximum atomic E-state index is 9.86. The Balaban J connectivity index is 0.00000162. The summed E-state index contributed by atoms with van der Waals surface area (Å²) in [4.78, 5) is 2.58. The molecule has 0 saturated heterocycles. The van der Waals surface area contributed by atoms with Gasteiger partial charge in [0.15, 0.2) is 0 Å². The quantitative estimate of drug-likeness (QED) is 0.859. The molecule has 2 nitrogen and oxygen atoms in total. The van der Waals surface area contributed by atoms with E-state index in [0.29, 0.717) is 17.7 Å². The highest BCUT2D eigenvalue weighted by atomic mass is 79.9. The second kappa shape index (κ2) is 7.15.